The minimum Gasteiger partial charge on any atom is -0.341 e. The molecule has 0 bridgehead atoms. The molecule has 2 aromatic rings. The van der Waals surface area contributed by atoms with Crippen LogP contribution in [0.5, 0.6) is 0 Å². The summed E-state index contributed by atoms with van der Waals surface area (Å²) in [5.41, 5.74) is 1.000. The van der Waals surface area contributed by atoms with Crippen LogP contribution in [0.2, 0.25) is 0 Å². The van der Waals surface area contributed by atoms with Crippen molar-refractivity contribution >= 4 is 33.4 Å². The van der Waals surface area contributed by atoms with Crippen LogP contribution in [0.4, 0.5) is 17.5 Å². The molecule has 1 aromatic heterocycles. The van der Waals surface area contributed by atoms with Crippen molar-refractivity contribution in [2.75, 3.05) is 23.3 Å². The molecule has 0 aliphatic heterocycles. The summed E-state index contributed by atoms with van der Waals surface area (Å²) in [4.78, 5) is 11.3. The Morgan fingerprint density at radius 1 is 1.10 bits per heavy atom. The van der Waals surface area contributed by atoms with E-state index in [2.05, 4.69) is 50.0 Å². The number of aromatic nitrogens is 2. The monoisotopic (exact) mass is 348 g/mol. The van der Waals surface area contributed by atoms with Gasteiger partial charge in [-0.05, 0) is 47.0 Å². The van der Waals surface area contributed by atoms with Gasteiger partial charge in [0, 0.05) is 23.8 Å². The molecule has 0 aliphatic rings. The number of hydrogen-bond acceptors (Lipinski definition) is 4. The fraction of sp³-hybridized carbons (Fsp3) is 0.375. The Labute approximate surface area is 134 Å². The predicted molar refractivity (Wildman–Crippen MR) is 92.3 cm³/mol. The summed E-state index contributed by atoms with van der Waals surface area (Å²) < 4.78 is 1.02. The van der Waals surface area contributed by atoms with Crippen molar-refractivity contribution < 1.29 is 0 Å². The van der Waals surface area contributed by atoms with Gasteiger partial charge in [-0.25, -0.2) is 4.98 Å². The second-order valence-corrected chi connectivity index (χ2v) is 5.69. The van der Waals surface area contributed by atoms with E-state index in [1.54, 1.807) is 6.20 Å². The third kappa shape index (κ3) is 4.43. The summed E-state index contributed by atoms with van der Waals surface area (Å²) >= 11 is 3.53. The first-order chi connectivity index (χ1) is 10.2. The van der Waals surface area contributed by atoms with Crippen LogP contribution >= 0.6 is 15.9 Å². The maximum Gasteiger partial charge on any atom is 0.227 e. The average Bonchev–Trinajstić information content (AvgIpc) is 2.50. The molecule has 0 spiro atoms. The number of halogens is 1. The van der Waals surface area contributed by atoms with Crippen LogP contribution in [0.15, 0.2) is 41.0 Å². The second-order valence-electron chi connectivity index (χ2n) is 4.83. The zero-order valence-electron chi connectivity index (χ0n) is 12.5. The Balaban J connectivity index is 2.18. The summed E-state index contributed by atoms with van der Waals surface area (Å²) in [6.45, 7) is 6.30. The maximum atomic E-state index is 4.63. The topological polar surface area (TPSA) is 41.1 Å². The highest BCUT2D eigenvalue weighted by atomic mass is 79.9. The van der Waals surface area contributed by atoms with Crippen LogP contribution < -0.4 is 10.2 Å². The zero-order valence-corrected chi connectivity index (χ0v) is 14.1. The molecule has 0 amide bonds. The van der Waals surface area contributed by atoms with Gasteiger partial charge in [0.25, 0.3) is 0 Å². The highest BCUT2D eigenvalue weighted by Crippen LogP contribution is 2.24. The van der Waals surface area contributed by atoms with Gasteiger partial charge in [0.2, 0.25) is 5.95 Å². The molecule has 1 aromatic carbocycles. The lowest BCUT2D eigenvalue weighted by atomic mass is 10.3. The highest BCUT2D eigenvalue weighted by molar-refractivity contribution is 9.10. The first-order valence-corrected chi connectivity index (χ1v) is 8.13. The number of para-hydroxylation sites is 1. The summed E-state index contributed by atoms with van der Waals surface area (Å²) in [7, 11) is 0. The van der Waals surface area contributed by atoms with Crippen molar-refractivity contribution in [2.24, 2.45) is 0 Å². The number of anilines is 3. The van der Waals surface area contributed by atoms with Crippen molar-refractivity contribution in [1.29, 1.82) is 0 Å². The largest absolute Gasteiger partial charge is 0.341 e. The van der Waals surface area contributed by atoms with Gasteiger partial charge in [-0.15, -0.1) is 0 Å². The van der Waals surface area contributed by atoms with E-state index in [0.29, 0.717) is 0 Å². The molecule has 0 aliphatic carbocycles. The van der Waals surface area contributed by atoms with Gasteiger partial charge in [-0.2, -0.15) is 4.98 Å². The van der Waals surface area contributed by atoms with Gasteiger partial charge in [-0.1, -0.05) is 26.0 Å². The van der Waals surface area contributed by atoms with Gasteiger partial charge < -0.3 is 10.2 Å². The molecule has 0 unspecified atom stereocenters. The molecule has 4 nitrogen and oxygen atoms in total. The molecule has 1 heterocycles. The van der Waals surface area contributed by atoms with Crippen molar-refractivity contribution in [1.82, 2.24) is 9.97 Å². The number of nitrogens with zero attached hydrogens (tertiary/aromatic N) is 3. The molecule has 1 N–H and O–H groups in total. The van der Waals surface area contributed by atoms with Gasteiger partial charge >= 0.3 is 0 Å². The zero-order chi connectivity index (χ0) is 15.1. The molecule has 0 atom stereocenters. The van der Waals surface area contributed by atoms with Crippen molar-refractivity contribution in [2.45, 2.75) is 26.7 Å². The van der Waals surface area contributed by atoms with Crippen LogP contribution in [-0.4, -0.2) is 23.1 Å². The quantitative estimate of drug-likeness (QED) is 0.793. The maximum absolute atomic E-state index is 4.63. The third-order valence-corrected chi connectivity index (χ3v) is 3.74. The minimum atomic E-state index is 0.788. The van der Waals surface area contributed by atoms with E-state index < -0.39 is 0 Å². The van der Waals surface area contributed by atoms with Gasteiger partial charge in [0.1, 0.15) is 5.82 Å². The Morgan fingerprint density at radius 2 is 1.81 bits per heavy atom. The SMILES string of the molecule is CCCN(CCC)c1nccc(Nc2ccccc2Br)n1. The van der Waals surface area contributed by atoms with E-state index in [-0.39, 0.29) is 0 Å². The van der Waals surface area contributed by atoms with Crippen LogP contribution in [0.3, 0.4) is 0 Å². The number of hydrogen-bond donors (Lipinski definition) is 1. The molecule has 2 rings (SSSR count). The first kappa shape index (κ1) is 15.8. The summed E-state index contributed by atoms with van der Waals surface area (Å²) in [5.74, 6) is 1.60. The van der Waals surface area contributed by atoms with Gasteiger partial charge in [0.05, 0.1) is 5.69 Å². The van der Waals surface area contributed by atoms with E-state index in [4.69, 9.17) is 0 Å². The summed E-state index contributed by atoms with van der Waals surface area (Å²) in [6, 6.07) is 9.90. The average molecular weight is 349 g/mol. The molecular weight excluding hydrogens is 328 g/mol. The van der Waals surface area contributed by atoms with Crippen LogP contribution in [0.1, 0.15) is 26.7 Å². The van der Waals surface area contributed by atoms with E-state index in [1.807, 2.05) is 30.3 Å². The summed E-state index contributed by atoms with van der Waals surface area (Å²) in [5, 5.41) is 3.33. The Kier molecular flexibility index (Phi) is 5.99. The van der Waals surface area contributed by atoms with E-state index in [0.717, 1.165) is 47.9 Å². The van der Waals surface area contributed by atoms with Gasteiger partial charge in [0.15, 0.2) is 0 Å². The van der Waals surface area contributed by atoms with Crippen LogP contribution in [0, 0.1) is 0 Å². The van der Waals surface area contributed by atoms with Crippen LogP contribution in [-0.2, 0) is 0 Å². The van der Waals surface area contributed by atoms with E-state index in [1.165, 1.54) is 0 Å². The first-order valence-electron chi connectivity index (χ1n) is 7.34. The lowest BCUT2D eigenvalue weighted by Gasteiger charge is -2.21. The Hall–Kier alpha value is -1.62. The molecule has 0 saturated carbocycles. The molecule has 0 fully saturated rings. The fourth-order valence-electron chi connectivity index (χ4n) is 2.12. The minimum absolute atomic E-state index is 0.788. The smallest absolute Gasteiger partial charge is 0.227 e. The van der Waals surface area contributed by atoms with E-state index >= 15 is 0 Å². The number of benzene rings is 1. The predicted octanol–water partition coefficient (Wildman–Crippen LogP) is 4.61. The van der Waals surface area contributed by atoms with Crippen LogP contribution in [0.25, 0.3) is 0 Å². The lowest BCUT2D eigenvalue weighted by molar-refractivity contribution is 0.722. The molecular formula is C16H21BrN4. The molecule has 5 heteroatoms. The molecule has 0 radical (unpaired) electrons. The normalized spacial score (nSPS) is 10.4. The Morgan fingerprint density at radius 3 is 2.48 bits per heavy atom. The molecule has 21 heavy (non-hydrogen) atoms. The third-order valence-electron chi connectivity index (χ3n) is 3.05. The Bertz CT molecular complexity index is 568. The molecule has 0 saturated heterocycles. The van der Waals surface area contributed by atoms with Crippen molar-refractivity contribution in [3.8, 4) is 0 Å². The fourth-order valence-corrected chi connectivity index (χ4v) is 2.51. The van der Waals surface area contributed by atoms with Crippen molar-refractivity contribution in [3.63, 3.8) is 0 Å². The standard InChI is InChI=1S/C16H21BrN4/c1-3-11-21(12-4-2)16-18-10-9-15(20-16)19-14-8-6-5-7-13(14)17/h5-10H,3-4,11-12H2,1-2H3,(H,18,19,20). The number of rotatable bonds is 7. The highest BCUT2D eigenvalue weighted by Gasteiger charge is 2.09. The van der Waals surface area contributed by atoms with E-state index in [9.17, 15) is 0 Å². The van der Waals surface area contributed by atoms with Gasteiger partial charge in [-0.3, -0.25) is 0 Å². The summed E-state index contributed by atoms with van der Waals surface area (Å²) in [6.07, 6.45) is 3.98. The molecule has 112 valence electrons. The number of nitrogens with one attached hydrogen (secondary N) is 1. The van der Waals surface area contributed by atoms with Crippen molar-refractivity contribution in [3.05, 3.63) is 41.0 Å². The second kappa shape index (κ2) is 7.98. The lowest BCUT2D eigenvalue weighted by Crippen LogP contribution is -2.27.